The Kier molecular flexibility index (Phi) is 4.00. The summed E-state index contributed by atoms with van der Waals surface area (Å²) in [6, 6.07) is 5.09. The van der Waals surface area contributed by atoms with E-state index in [1.165, 1.54) is 31.4 Å². The molecule has 0 spiro atoms. The fraction of sp³-hybridized carbons (Fsp3) is 0.455. The van der Waals surface area contributed by atoms with Gasteiger partial charge in [0.25, 0.3) is 0 Å². The molecule has 0 radical (unpaired) electrons. The quantitative estimate of drug-likeness (QED) is 0.855. The van der Waals surface area contributed by atoms with E-state index in [1.54, 1.807) is 0 Å². The molecule has 96 valence electrons. The molecule has 0 aliphatic carbocycles. The lowest BCUT2D eigenvalue weighted by atomic mass is 9.89. The van der Waals surface area contributed by atoms with Crippen molar-refractivity contribution in [3.8, 4) is 5.75 Å². The maximum atomic E-state index is 12.8. The molecule has 0 aliphatic rings. The topological polar surface area (TPSA) is 55.5 Å². The minimum atomic E-state index is -4.76. The zero-order valence-electron chi connectivity index (χ0n) is 9.29. The Labute approximate surface area is 97.0 Å². The summed E-state index contributed by atoms with van der Waals surface area (Å²) in [5.74, 6) is 0.422. The van der Waals surface area contributed by atoms with Crippen molar-refractivity contribution in [2.24, 2.45) is 5.73 Å². The van der Waals surface area contributed by atoms with Crippen LogP contribution in [0.5, 0.6) is 5.75 Å². The van der Waals surface area contributed by atoms with Crippen LogP contribution in [-0.2, 0) is 5.60 Å². The van der Waals surface area contributed by atoms with E-state index in [1.807, 2.05) is 0 Å². The third-order valence-electron chi connectivity index (χ3n) is 2.54. The van der Waals surface area contributed by atoms with Crippen molar-refractivity contribution in [1.29, 1.82) is 0 Å². The van der Waals surface area contributed by atoms with E-state index in [2.05, 4.69) is 0 Å². The number of aliphatic hydroxyl groups is 1. The molecular weight excluding hydrogens is 235 g/mol. The first-order valence-corrected chi connectivity index (χ1v) is 4.99. The van der Waals surface area contributed by atoms with Gasteiger partial charge in [-0.3, -0.25) is 0 Å². The number of methoxy groups -OCH3 is 1. The number of alkyl halides is 3. The van der Waals surface area contributed by atoms with Gasteiger partial charge in [0.05, 0.1) is 7.11 Å². The van der Waals surface area contributed by atoms with Crippen molar-refractivity contribution in [2.75, 3.05) is 13.7 Å². The molecule has 3 N–H and O–H groups in total. The molecule has 0 fully saturated rings. The summed E-state index contributed by atoms with van der Waals surface area (Å²) in [5.41, 5.74) is 1.97. The highest BCUT2D eigenvalue weighted by atomic mass is 19.4. The van der Waals surface area contributed by atoms with Crippen molar-refractivity contribution < 1.29 is 23.0 Å². The van der Waals surface area contributed by atoms with E-state index >= 15 is 0 Å². The molecule has 6 heteroatoms. The lowest BCUT2D eigenvalue weighted by molar-refractivity contribution is -0.268. The highest BCUT2D eigenvalue weighted by molar-refractivity contribution is 5.31. The van der Waals surface area contributed by atoms with Crippen LogP contribution in [0.25, 0.3) is 0 Å². The molecule has 1 atom stereocenters. The number of benzene rings is 1. The molecular formula is C11H14F3NO2. The van der Waals surface area contributed by atoms with Crippen LogP contribution >= 0.6 is 0 Å². The fourth-order valence-electron chi connectivity index (χ4n) is 1.53. The van der Waals surface area contributed by atoms with Crippen LogP contribution in [0.3, 0.4) is 0 Å². The van der Waals surface area contributed by atoms with Crippen molar-refractivity contribution in [3.63, 3.8) is 0 Å². The second kappa shape index (κ2) is 4.93. The SMILES string of the molecule is COc1ccc(C(O)(CCN)C(F)(F)F)cc1. The van der Waals surface area contributed by atoms with Crippen LogP contribution in [0.1, 0.15) is 12.0 Å². The molecule has 3 nitrogen and oxygen atoms in total. The lowest BCUT2D eigenvalue weighted by Crippen LogP contribution is -2.43. The Morgan fingerprint density at radius 1 is 1.24 bits per heavy atom. The van der Waals surface area contributed by atoms with Gasteiger partial charge in [-0.05, 0) is 24.2 Å². The van der Waals surface area contributed by atoms with Gasteiger partial charge in [0.15, 0.2) is 5.60 Å². The predicted molar refractivity (Wildman–Crippen MR) is 56.6 cm³/mol. The van der Waals surface area contributed by atoms with Crippen molar-refractivity contribution >= 4 is 0 Å². The van der Waals surface area contributed by atoms with Crippen LogP contribution in [0.2, 0.25) is 0 Å². The van der Waals surface area contributed by atoms with E-state index < -0.39 is 18.2 Å². The average Bonchev–Trinajstić information content (AvgIpc) is 2.28. The zero-order valence-corrected chi connectivity index (χ0v) is 9.29. The molecule has 0 saturated carbocycles. The van der Waals surface area contributed by atoms with Gasteiger partial charge < -0.3 is 15.6 Å². The van der Waals surface area contributed by atoms with Gasteiger partial charge in [-0.25, -0.2) is 0 Å². The maximum Gasteiger partial charge on any atom is 0.421 e. The fourth-order valence-corrected chi connectivity index (χ4v) is 1.53. The van der Waals surface area contributed by atoms with Crippen LogP contribution in [0.4, 0.5) is 13.2 Å². The summed E-state index contributed by atoms with van der Waals surface area (Å²) >= 11 is 0. The first kappa shape index (κ1) is 13.8. The summed E-state index contributed by atoms with van der Waals surface area (Å²) in [6.45, 7) is -0.262. The molecule has 0 aromatic heterocycles. The Bertz CT molecular complexity index is 364. The zero-order chi connectivity index (χ0) is 13.1. The smallest absolute Gasteiger partial charge is 0.421 e. The monoisotopic (exact) mass is 249 g/mol. The Morgan fingerprint density at radius 3 is 2.12 bits per heavy atom. The third kappa shape index (κ3) is 2.70. The molecule has 0 heterocycles. The van der Waals surface area contributed by atoms with Gasteiger partial charge in [-0.1, -0.05) is 12.1 Å². The van der Waals surface area contributed by atoms with Crippen molar-refractivity contribution in [3.05, 3.63) is 29.8 Å². The number of halogens is 3. The summed E-state index contributed by atoms with van der Waals surface area (Å²) < 4.78 is 43.3. The number of hydrogen-bond donors (Lipinski definition) is 2. The molecule has 1 aromatic rings. The highest BCUT2D eigenvalue weighted by Gasteiger charge is 2.54. The summed E-state index contributed by atoms with van der Waals surface area (Å²) in [6.07, 6.45) is -5.34. The van der Waals surface area contributed by atoms with Crippen molar-refractivity contribution in [2.45, 2.75) is 18.2 Å². The summed E-state index contributed by atoms with van der Waals surface area (Å²) in [5, 5.41) is 9.74. The molecule has 0 amide bonds. The van der Waals surface area contributed by atoms with Gasteiger partial charge in [-0.15, -0.1) is 0 Å². The third-order valence-corrected chi connectivity index (χ3v) is 2.54. The normalized spacial score (nSPS) is 15.4. The van der Waals surface area contributed by atoms with Gasteiger partial charge in [0, 0.05) is 6.42 Å². The summed E-state index contributed by atoms with van der Waals surface area (Å²) in [4.78, 5) is 0. The molecule has 1 unspecified atom stereocenters. The Morgan fingerprint density at radius 2 is 1.76 bits per heavy atom. The van der Waals surface area contributed by atoms with E-state index in [0.29, 0.717) is 5.75 Å². The average molecular weight is 249 g/mol. The largest absolute Gasteiger partial charge is 0.497 e. The predicted octanol–water partition coefficient (Wildman–Crippen LogP) is 1.79. The molecule has 0 bridgehead atoms. The first-order valence-electron chi connectivity index (χ1n) is 4.99. The van der Waals surface area contributed by atoms with Crippen LogP contribution in [0.15, 0.2) is 24.3 Å². The maximum absolute atomic E-state index is 12.8. The molecule has 1 aromatic carbocycles. The number of nitrogens with two attached hydrogens (primary N) is 1. The van der Waals surface area contributed by atoms with Gasteiger partial charge in [0.2, 0.25) is 0 Å². The van der Waals surface area contributed by atoms with E-state index in [9.17, 15) is 18.3 Å². The molecule has 1 rings (SSSR count). The summed E-state index contributed by atoms with van der Waals surface area (Å²) in [7, 11) is 1.41. The van der Waals surface area contributed by atoms with E-state index in [4.69, 9.17) is 10.5 Å². The van der Waals surface area contributed by atoms with Crippen molar-refractivity contribution in [1.82, 2.24) is 0 Å². The second-order valence-corrected chi connectivity index (χ2v) is 3.63. The van der Waals surface area contributed by atoms with Crippen LogP contribution in [0, 0.1) is 0 Å². The Hall–Kier alpha value is -1.27. The number of rotatable bonds is 4. The minimum Gasteiger partial charge on any atom is -0.497 e. The standard InChI is InChI=1S/C11H14F3NO2/c1-17-9-4-2-8(3-5-9)10(16,6-7-15)11(12,13)14/h2-5,16H,6-7,15H2,1H3. The minimum absolute atomic E-state index is 0.240. The van der Waals surface area contributed by atoms with Gasteiger partial charge in [-0.2, -0.15) is 13.2 Å². The molecule has 17 heavy (non-hydrogen) atoms. The van der Waals surface area contributed by atoms with E-state index in [-0.39, 0.29) is 12.1 Å². The highest BCUT2D eigenvalue weighted by Crippen LogP contribution is 2.41. The molecule has 0 aliphatic heterocycles. The number of ether oxygens (including phenoxy) is 1. The molecule has 0 saturated heterocycles. The Balaban J connectivity index is 3.13. The van der Waals surface area contributed by atoms with Gasteiger partial charge in [0.1, 0.15) is 5.75 Å². The number of hydrogen-bond acceptors (Lipinski definition) is 3. The first-order chi connectivity index (χ1) is 7.85. The van der Waals surface area contributed by atoms with Gasteiger partial charge >= 0.3 is 6.18 Å². The lowest BCUT2D eigenvalue weighted by Gasteiger charge is -2.30. The van der Waals surface area contributed by atoms with Crippen LogP contribution in [-0.4, -0.2) is 24.9 Å². The second-order valence-electron chi connectivity index (χ2n) is 3.63. The van der Waals surface area contributed by atoms with Crippen LogP contribution < -0.4 is 10.5 Å². The van der Waals surface area contributed by atoms with E-state index in [0.717, 1.165) is 0 Å².